The number of nitrogens with two attached hydrogens (primary N) is 1. The summed E-state index contributed by atoms with van der Waals surface area (Å²) in [6, 6.07) is -0.771. The summed E-state index contributed by atoms with van der Waals surface area (Å²) in [5.74, 6) is -1.52. The van der Waals surface area contributed by atoms with E-state index in [1.807, 2.05) is 6.92 Å². The second kappa shape index (κ2) is 5.11. The van der Waals surface area contributed by atoms with Crippen molar-refractivity contribution in [3.05, 3.63) is 0 Å². The third kappa shape index (κ3) is 2.92. The van der Waals surface area contributed by atoms with Gasteiger partial charge in [0, 0.05) is 6.04 Å². The Morgan fingerprint density at radius 2 is 2.20 bits per heavy atom. The van der Waals surface area contributed by atoms with Crippen molar-refractivity contribution in [2.24, 2.45) is 11.7 Å². The maximum Gasteiger partial charge on any atom is 0.308 e. The SMILES string of the molecule is CC[C@H](N)C(=O)NC1CCCC1C(=O)O. The minimum atomic E-state index is -0.831. The van der Waals surface area contributed by atoms with Gasteiger partial charge in [-0.1, -0.05) is 13.3 Å². The third-order valence-corrected chi connectivity index (χ3v) is 2.94. The van der Waals surface area contributed by atoms with E-state index in [1.54, 1.807) is 0 Å². The molecule has 1 aliphatic carbocycles. The molecule has 4 N–H and O–H groups in total. The number of carbonyl (C=O) groups is 2. The lowest BCUT2D eigenvalue weighted by molar-refractivity contribution is -0.142. The molecule has 0 aromatic rings. The largest absolute Gasteiger partial charge is 0.481 e. The summed E-state index contributed by atoms with van der Waals surface area (Å²) in [4.78, 5) is 22.3. The first-order valence-electron chi connectivity index (χ1n) is 5.35. The predicted molar refractivity (Wildman–Crippen MR) is 55.2 cm³/mol. The molecule has 5 heteroatoms. The number of amides is 1. The van der Waals surface area contributed by atoms with Gasteiger partial charge in [-0.2, -0.15) is 0 Å². The van der Waals surface area contributed by atoms with E-state index in [0.717, 1.165) is 12.8 Å². The van der Waals surface area contributed by atoms with Crippen LogP contribution < -0.4 is 11.1 Å². The molecule has 1 fully saturated rings. The van der Waals surface area contributed by atoms with Crippen LogP contribution in [0.15, 0.2) is 0 Å². The molecule has 1 saturated carbocycles. The number of carbonyl (C=O) groups excluding carboxylic acids is 1. The second-order valence-corrected chi connectivity index (χ2v) is 4.01. The summed E-state index contributed by atoms with van der Waals surface area (Å²) in [7, 11) is 0. The zero-order valence-electron chi connectivity index (χ0n) is 8.90. The van der Waals surface area contributed by atoms with Gasteiger partial charge in [0.2, 0.25) is 5.91 Å². The van der Waals surface area contributed by atoms with Gasteiger partial charge < -0.3 is 16.2 Å². The van der Waals surface area contributed by atoms with Crippen molar-refractivity contribution in [3.63, 3.8) is 0 Å². The van der Waals surface area contributed by atoms with E-state index >= 15 is 0 Å². The van der Waals surface area contributed by atoms with Crippen LogP contribution in [-0.2, 0) is 9.59 Å². The molecule has 86 valence electrons. The lowest BCUT2D eigenvalue weighted by Gasteiger charge is -2.19. The molecule has 0 aliphatic heterocycles. The molecule has 0 radical (unpaired) electrons. The van der Waals surface area contributed by atoms with Gasteiger partial charge >= 0.3 is 5.97 Å². The molecule has 2 unspecified atom stereocenters. The normalized spacial score (nSPS) is 27.3. The van der Waals surface area contributed by atoms with Crippen LogP contribution in [0, 0.1) is 5.92 Å². The molecular weight excluding hydrogens is 196 g/mol. The van der Waals surface area contributed by atoms with Crippen molar-refractivity contribution in [2.45, 2.75) is 44.7 Å². The van der Waals surface area contributed by atoms with Gasteiger partial charge in [-0.15, -0.1) is 0 Å². The van der Waals surface area contributed by atoms with Crippen LogP contribution in [0.2, 0.25) is 0 Å². The van der Waals surface area contributed by atoms with Crippen LogP contribution in [0.1, 0.15) is 32.6 Å². The molecular formula is C10H18N2O3. The minimum Gasteiger partial charge on any atom is -0.481 e. The van der Waals surface area contributed by atoms with Gasteiger partial charge in [0.25, 0.3) is 0 Å². The molecule has 1 aliphatic rings. The maximum atomic E-state index is 11.5. The highest BCUT2D eigenvalue weighted by Crippen LogP contribution is 2.25. The molecule has 0 spiro atoms. The van der Waals surface area contributed by atoms with Crippen molar-refractivity contribution >= 4 is 11.9 Å². The zero-order chi connectivity index (χ0) is 11.4. The number of nitrogens with one attached hydrogen (secondary N) is 1. The second-order valence-electron chi connectivity index (χ2n) is 4.01. The minimum absolute atomic E-state index is 0.240. The fraction of sp³-hybridized carbons (Fsp3) is 0.800. The Bertz CT molecular complexity index is 255. The lowest BCUT2D eigenvalue weighted by atomic mass is 10.0. The van der Waals surface area contributed by atoms with Gasteiger partial charge in [-0.05, 0) is 19.3 Å². The Kier molecular flexibility index (Phi) is 4.08. The summed E-state index contributed by atoms with van der Waals surface area (Å²) >= 11 is 0. The Morgan fingerprint density at radius 3 is 2.73 bits per heavy atom. The van der Waals surface area contributed by atoms with Gasteiger partial charge in [0.15, 0.2) is 0 Å². The Balaban J connectivity index is 2.50. The van der Waals surface area contributed by atoms with E-state index in [9.17, 15) is 9.59 Å². The highest BCUT2D eigenvalue weighted by molar-refractivity contribution is 5.82. The average molecular weight is 214 g/mol. The number of hydrogen-bond donors (Lipinski definition) is 3. The first kappa shape index (κ1) is 12.0. The van der Waals surface area contributed by atoms with E-state index in [1.165, 1.54) is 0 Å². The highest BCUT2D eigenvalue weighted by atomic mass is 16.4. The summed E-state index contributed by atoms with van der Waals surface area (Å²) in [6.45, 7) is 1.83. The van der Waals surface area contributed by atoms with E-state index < -0.39 is 17.9 Å². The van der Waals surface area contributed by atoms with Crippen LogP contribution in [0.4, 0.5) is 0 Å². The predicted octanol–water partition coefficient (Wildman–Crippen LogP) is 0.0932. The summed E-state index contributed by atoms with van der Waals surface area (Å²) < 4.78 is 0. The first-order valence-corrected chi connectivity index (χ1v) is 5.35. The molecule has 3 atom stereocenters. The number of hydrogen-bond acceptors (Lipinski definition) is 3. The van der Waals surface area contributed by atoms with Crippen molar-refractivity contribution in [2.75, 3.05) is 0 Å². The molecule has 0 bridgehead atoms. The summed E-state index contributed by atoms with van der Waals surface area (Å²) in [6.07, 6.45) is 2.79. The Hall–Kier alpha value is -1.10. The molecule has 1 rings (SSSR count). The van der Waals surface area contributed by atoms with E-state index in [0.29, 0.717) is 12.8 Å². The molecule has 1 amide bonds. The van der Waals surface area contributed by atoms with Gasteiger partial charge in [0.05, 0.1) is 12.0 Å². The molecule has 5 nitrogen and oxygen atoms in total. The van der Waals surface area contributed by atoms with Crippen molar-refractivity contribution in [1.82, 2.24) is 5.32 Å². The van der Waals surface area contributed by atoms with Crippen LogP contribution in [0.5, 0.6) is 0 Å². The number of rotatable bonds is 4. The topological polar surface area (TPSA) is 92.4 Å². The van der Waals surface area contributed by atoms with Crippen LogP contribution in [0.3, 0.4) is 0 Å². The number of aliphatic carboxylic acids is 1. The summed E-state index contributed by atoms with van der Waals surface area (Å²) in [5, 5.41) is 11.6. The van der Waals surface area contributed by atoms with Gasteiger partial charge in [0.1, 0.15) is 0 Å². The van der Waals surface area contributed by atoms with Gasteiger partial charge in [-0.3, -0.25) is 9.59 Å². The number of carboxylic acid groups (broad SMARTS) is 1. The highest BCUT2D eigenvalue weighted by Gasteiger charge is 2.34. The lowest BCUT2D eigenvalue weighted by Crippen LogP contribution is -2.47. The third-order valence-electron chi connectivity index (χ3n) is 2.94. The van der Waals surface area contributed by atoms with Crippen molar-refractivity contribution < 1.29 is 14.7 Å². The molecule has 0 aromatic carbocycles. The smallest absolute Gasteiger partial charge is 0.308 e. The standard InChI is InChI=1S/C10H18N2O3/c1-2-7(11)9(13)12-8-5-3-4-6(8)10(14)15/h6-8H,2-5,11H2,1H3,(H,12,13)(H,14,15)/t6?,7-,8?/m0/s1. The van der Waals surface area contributed by atoms with Gasteiger partial charge in [-0.25, -0.2) is 0 Å². The molecule has 0 aromatic heterocycles. The molecule has 15 heavy (non-hydrogen) atoms. The Morgan fingerprint density at radius 1 is 1.53 bits per heavy atom. The average Bonchev–Trinajstić information content (AvgIpc) is 2.64. The zero-order valence-corrected chi connectivity index (χ0v) is 8.90. The van der Waals surface area contributed by atoms with Crippen LogP contribution in [-0.4, -0.2) is 29.1 Å². The van der Waals surface area contributed by atoms with Crippen molar-refractivity contribution in [3.8, 4) is 0 Å². The van der Waals surface area contributed by atoms with Crippen LogP contribution >= 0.6 is 0 Å². The molecule has 0 saturated heterocycles. The fourth-order valence-corrected chi connectivity index (χ4v) is 1.90. The van der Waals surface area contributed by atoms with Crippen LogP contribution in [0.25, 0.3) is 0 Å². The monoisotopic (exact) mass is 214 g/mol. The molecule has 0 heterocycles. The Labute approximate surface area is 89.0 Å². The van der Waals surface area contributed by atoms with E-state index in [2.05, 4.69) is 5.32 Å². The first-order chi connectivity index (χ1) is 7.06. The maximum absolute atomic E-state index is 11.5. The van der Waals surface area contributed by atoms with E-state index in [4.69, 9.17) is 10.8 Å². The number of carboxylic acids is 1. The quantitative estimate of drug-likeness (QED) is 0.618. The summed E-state index contributed by atoms with van der Waals surface area (Å²) in [5.41, 5.74) is 5.56. The van der Waals surface area contributed by atoms with Crippen molar-refractivity contribution in [1.29, 1.82) is 0 Å². The van der Waals surface area contributed by atoms with E-state index in [-0.39, 0.29) is 11.9 Å². The fourth-order valence-electron chi connectivity index (χ4n) is 1.90.